The van der Waals surface area contributed by atoms with Gasteiger partial charge in [-0.15, -0.1) is 0 Å². The van der Waals surface area contributed by atoms with Gasteiger partial charge < -0.3 is 0 Å². The zero-order valence-electron chi connectivity index (χ0n) is 5.48. The summed E-state index contributed by atoms with van der Waals surface area (Å²) in [5.41, 5.74) is 0.414. The van der Waals surface area contributed by atoms with Crippen LogP contribution in [0.15, 0.2) is 24.4 Å². The maximum atomic E-state index is 10.2. The maximum absolute atomic E-state index is 10.2. The second-order valence-corrected chi connectivity index (χ2v) is 2.74. The zero-order chi connectivity index (χ0) is 8.27. The van der Waals surface area contributed by atoms with Crippen molar-refractivity contribution in [3.05, 3.63) is 40.2 Å². The standard InChI is InChI=1S/C6H5BrN2O2/c7-6(9(10)11)5-3-1-2-4-8-5/h1-4,6H. The third-order valence-electron chi connectivity index (χ3n) is 1.12. The molecule has 0 saturated carbocycles. The van der Waals surface area contributed by atoms with Crippen LogP contribution in [-0.4, -0.2) is 9.91 Å². The van der Waals surface area contributed by atoms with E-state index in [1.807, 2.05) is 0 Å². The van der Waals surface area contributed by atoms with Gasteiger partial charge in [0.25, 0.3) is 0 Å². The Morgan fingerprint density at radius 3 is 2.82 bits per heavy atom. The number of rotatable bonds is 2. The molecule has 0 saturated heterocycles. The molecule has 0 bridgehead atoms. The molecule has 0 aliphatic rings. The third-order valence-corrected chi connectivity index (χ3v) is 1.92. The number of pyridine rings is 1. The normalized spacial score (nSPS) is 12.5. The molecule has 0 N–H and O–H groups in total. The number of nitro groups is 1. The fraction of sp³-hybridized carbons (Fsp3) is 0.167. The molecule has 1 atom stereocenters. The lowest BCUT2D eigenvalue weighted by molar-refractivity contribution is -0.498. The highest BCUT2D eigenvalue weighted by molar-refractivity contribution is 9.09. The van der Waals surface area contributed by atoms with E-state index in [-0.39, 0.29) is 0 Å². The Bertz CT molecular complexity index is 252. The highest BCUT2D eigenvalue weighted by Gasteiger charge is 2.18. The minimum absolute atomic E-state index is 0.414. The van der Waals surface area contributed by atoms with Gasteiger partial charge in [-0.1, -0.05) is 6.07 Å². The Morgan fingerprint density at radius 2 is 2.36 bits per heavy atom. The highest BCUT2D eigenvalue weighted by Crippen LogP contribution is 2.19. The van der Waals surface area contributed by atoms with Gasteiger partial charge in [0.2, 0.25) is 0 Å². The molecule has 1 aromatic rings. The average molecular weight is 217 g/mol. The van der Waals surface area contributed by atoms with Crippen molar-refractivity contribution >= 4 is 15.9 Å². The van der Waals surface area contributed by atoms with Crippen molar-refractivity contribution in [3.8, 4) is 0 Å². The highest BCUT2D eigenvalue weighted by atomic mass is 79.9. The third kappa shape index (κ3) is 1.98. The number of hydrogen-bond acceptors (Lipinski definition) is 3. The zero-order valence-corrected chi connectivity index (χ0v) is 7.06. The topological polar surface area (TPSA) is 56.0 Å². The first kappa shape index (κ1) is 8.13. The molecule has 0 aliphatic carbocycles. The van der Waals surface area contributed by atoms with E-state index in [9.17, 15) is 10.1 Å². The molecule has 0 aromatic carbocycles. The van der Waals surface area contributed by atoms with Crippen LogP contribution < -0.4 is 0 Å². The van der Waals surface area contributed by atoms with Crippen LogP contribution in [0.1, 0.15) is 10.6 Å². The van der Waals surface area contributed by atoms with Gasteiger partial charge >= 0.3 is 4.95 Å². The summed E-state index contributed by atoms with van der Waals surface area (Å²) in [4.78, 5) is 12.7. The van der Waals surface area contributed by atoms with Crippen molar-refractivity contribution in [1.82, 2.24) is 4.98 Å². The summed E-state index contributed by atoms with van der Waals surface area (Å²) in [6.07, 6.45) is 1.52. The van der Waals surface area contributed by atoms with E-state index in [2.05, 4.69) is 20.9 Å². The molecule has 4 nitrogen and oxygen atoms in total. The minimum Gasteiger partial charge on any atom is -0.263 e. The summed E-state index contributed by atoms with van der Waals surface area (Å²) in [5, 5.41) is 10.2. The molecule has 1 heterocycles. The van der Waals surface area contributed by atoms with Gasteiger partial charge in [-0.05, 0) is 12.1 Å². The van der Waals surface area contributed by atoms with Crippen LogP contribution in [0.5, 0.6) is 0 Å². The molecule has 58 valence electrons. The van der Waals surface area contributed by atoms with Crippen LogP contribution in [0.2, 0.25) is 0 Å². The molecule has 0 aliphatic heterocycles. The van der Waals surface area contributed by atoms with Gasteiger partial charge in [-0.25, -0.2) is 0 Å². The van der Waals surface area contributed by atoms with Gasteiger partial charge in [-0.2, -0.15) is 0 Å². The van der Waals surface area contributed by atoms with Crippen molar-refractivity contribution in [3.63, 3.8) is 0 Å². The van der Waals surface area contributed by atoms with E-state index in [1.165, 1.54) is 6.20 Å². The molecule has 1 rings (SSSR count). The second kappa shape index (κ2) is 3.43. The first-order valence-corrected chi connectivity index (χ1v) is 3.82. The van der Waals surface area contributed by atoms with Crippen LogP contribution in [0.4, 0.5) is 0 Å². The van der Waals surface area contributed by atoms with Crippen LogP contribution in [0, 0.1) is 10.1 Å². The second-order valence-electron chi connectivity index (χ2n) is 1.88. The lowest BCUT2D eigenvalue weighted by atomic mass is 10.3. The number of hydrogen-bond donors (Lipinski definition) is 0. The van der Waals surface area contributed by atoms with E-state index in [4.69, 9.17) is 0 Å². The van der Waals surface area contributed by atoms with Crippen molar-refractivity contribution in [1.29, 1.82) is 0 Å². The summed E-state index contributed by atoms with van der Waals surface area (Å²) in [6, 6.07) is 5.02. The van der Waals surface area contributed by atoms with Crippen LogP contribution in [0.3, 0.4) is 0 Å². The first-order valence-electron chi connectivity index (χ1n) is 2.90. The van der Waals surface area contributed by atoms with Gasteiger partial charge in [0.05, 0.1) is 0 Å². The fourth-order valence-electron chi connectivity index (χ4n) is 0.625. The van der Waals surface area contributed by atoms with E-state index in [0.717, 1.165) is 0 Å². The van der Waals surface area contributed by atoms with Gasteiger partial charge in [-0.3, -0.25) is 15.1 Å². The average Bonchev–Trinajstić information content (AvgIpc) is 2.05. The van der Waals surface area contributed by atoms with Crippen LogP contribution in [0.25, 0.3) is 0 Å². The Labute approximate surface area is 71.5 Å². The monoisotopic (exact) mass is 216 g/mol. The summed E-state index contributed by atoms with van der Waals surface area (Å²) in [6.45, 7) is 0. The Balaban J connectivity index is 2.85. The Morgan fingerprint density at radius 1 is 1.64 bits per heavy atom. The molecule has 0 amide bonds. The summed E-state index contributed by atoms with van der Waals surface area (Å²) >= 11 is 2.89. The van der Waals surface area contributed by atoms with E-state index in [0.29, 0.717) is 5.69 Å². The summed E-state index contributed by atoms with van der Waals surface area (Å²) in [7, 11) is 0. The Hall–Kier alpha value is -0.970. The first-order chi connectivity index (χ1) is 5.22. The molecular weight excluding hydrogens is 212 g/mol. The van der Waals surface area contributed by atoms with Crippen molar-refractivity contribution < 1.29 is 4.92 Å². The van der Waals surface area contributed by atoms with Crippen LogP contribution in [-0.2, 0) is 0 Å². The van der Waals surface area contributed by atoms with Crippen LogP contribution >= 0.6 is 15.9 Å². The molecule has 0 radical (unpaired) electrons. The van der Waals surface area contributed by atoms with E-state index < -0.39 is 9.87 Å². The van der Waals surface area contributed by atoms with Gasteiger partial charge in [0.15, 0.2) is 0 Å². The molecule has 0 fully saturated rings. The number of halogens is 1. The number of nitrogens with zero attached hydrogens (tertiary/aromatic N) is 2. The minimum atomic E-state index is -0.899. The number of alkyl halides is 1. The molecule has 0 spiro atoms. The SMILES string of the molecule is O=[N+]([O-])C(Br)c1ccccn1. The Kier molecular flexibility index (Phi) is 2.53. The predicted octanol–water partition coefficient (Wildman–Crippen LogP) is 1.75. The van der Waals surface area contributed by atoms with Crippen molar-refractivity contribution in [2.45, 2.75) is 4.95 Å². The molecular formula is C6H5BrN2O2. The van der Waals surface area contributed by atoms with E-state index >= 15 is 0 Å². The lowest BCUT2D eigenvalue weighted by Crippen LogP contribution is -2.04. The van der Waals surface area contributed by atoms with E-state index in [1.54, 1.807) is 18.2 Å². The molecule has 1 unspecified atom stereocenters. The molecule has 5 heteroatoms. The van der Waals surface area contributed by atoms with Gasteiger partial charge in [0, 0.05) is 27.1 Å². The van der Waals surface area contributed by atoms with Crippen molar-refractivity contribution in [2.75, 3.05) is 0 Å². The predicted molar refractivity (Wildman–Crippen MR) is 42.9 cm³/mol. The molecule has 1 aromatic heterocycles. The summed E-state index contributed by atoms with van der Waals surface area (Å²) < 4.78 is 0. The molecule has 11 heavy (non-hydrogen) atoms. The number of aromatic nitrogens is 1. The smallest absolute Gasteiger partial charge is 0.263 e. The van der Waals surface area contributed by atoms with Crippen molar-refractivity contribution in [2.24, 2.45) is 0 Å². The largest absolute Gasteiger partial charge is 0.307 e. The fourth-order valence-corrected chi connectivity index (χ4v) is 0.896. The van der Waals surface area contributed by atoms with Gasteiger partial charge in [0.1, 0.15) is 5.69 Å². The lowest BCUT2D eigenvalue weighted by Gasteiger charge is -1.98. The summed E-state index contributed by atoms with van der Waals surface area (Å²) in [5.74, 6) is 0. The maximum Gasteiger partial charge on any atom is 0.307 e. The quantitative estimate of drug-likeness (QED) is 0.328.